The summed E-state index contributed by atoms with van der Waals surface area (Å²) in [4.78, 5) is 24.1. The van der Waals surface area contributed by atoms with E-state index in [0.717, 1.165) is 16.7 Å². The van der Waals surface area contributed by atoms with Gasteiger partial charge in [-0.25, -0.2) is 4.79 Å². The Morgan fingerprint density at radius 3 is 2.08 bits per heavy atom. The monoisotopic (exact) mass is 345 g/mol. The minimum atomic E-state index is -0.386. The van der Waals surface area contributed by atoms with Crippen LogP contribution in [0.15, 0.2) is 78.9 Å². The van der Waals surface area contributed by atoms with E-state index in [1.54, 1.807) is 24.3 Å². The van der Waals surface area contributed by atoms with E-state index in [0.29, 0.717) is 17.7 Å². The molecule has 4 heteroatoms. The van der Waals surface area contributed by atoms with Crippen LogP contribution in [0.3, 0.4) is 0 Å². The highest BCUT2D eigenvalue weighted by Crippen LogP contribution is 2.22. The maximum absolute atomic E-state index is 12.4. The Morgan fingerprint density at radius 2 is 1.42 bits per heavy atom. The molecule has 0 unspecified atom stereocenters. The number of amides is 1. The molecular weight excluding hydrogens is 326 g/mol. The molecule has 0 spiro atoms. The summed E-state index contributed by atoms with van der Waals surface area (Å²) in [6, 6.07) is 24.2. The van der Waals surface area contributed by atoms with Crippen LogP contribution in [-0.4, -0.2) is 19.0 Å². The topological polar surface area (TPSA) is 55.4 Å². The first kappa shape index (κ1) is 17.4. The molecule has 0 aliphatic carbocycles. The van der Waals surface area contributed by atoms with Gasteiger partial charge in [0.2, 0.25) is 0 Å². The van der Waals surface area contributed by atoms with Gasteiger partial charge in [-0.2, -0.15) is 0 Å². The standard InChI is InChI=1S/C22H19NO3/c1-26-22(25)20-12-6-10-18(14-20)17-9-5-11-19(13-17)21(24)23-15-16-7-3-2-4-8-16/h2-14H,15H2,1H3,(H,23,24). The number of ether oxygens (including phenoxy) is 1. The number of hydrogen-bond donors (Lipinski definition) is 1. The quantitative estimate of drug-likeness (QED) is 0.709. The van der Waals surface area contributed by atoms with Crippen molar-refractivity contribution in [2.45, 2.75) is 6.54 Å². The van der Waals surface area contributed by atoms with E-state index in [9.17, 15) is 9.59 Å². The van der Waals surface area contributed by atoms with Crippen molar-refractivity contribution < 1.29 is 14.3 Å². The van der Waals surface area contributed by atoms with Crippen molar-refractivity contribution >= 4 is 11.9 Å². The van der Waals surface area contributed by atoms with Crippen molar-refractivity contribution in [3.8, 4) is 11.1 Å². The fourth-order valence-corrected chi connectivity index (χ4v) is 2.66. The number of hydrogen-bond acceptors (Lipinski definition) is 3. The van der Waals surface area contributed by atoms with Gasteiger partial charge >= 0.3 is 5.97 Å². The Hall–Kier alpha value is -3.40. The Balaban J connectivity index is 1.78. The average Bonchev–Trinajstić information content (AvgIpc) is 2.72. The molecule has 3 rings (SSSR count). The first-order chi connectivity index (χ1) is 12.7. The van der Waals surface area contributed by atoms with Crippen LogP contribution in [-0.2, 0) is 11.3 Å². The highest BCUT2D eigenvalue weighted by atomic mass is 16.5. The van der Waals surface area contributed by atoms with Crippen LogP contribution in [0.5, 0.6) is 0 Å². The summed E-state index contributed by atoms with van der Waals surface area (Å²) < 4.78 is 4.76. The molecule has 0 radical (unpaired) electrons. The van der Waals surface area contributed by atoms with Gasteiger partial charge in [0.25, 0.3) is 5.91 Å². The molecule has 0 aliphatic rings. The summed E-state index contributed by atoms with van der Waals surface area (Å²) in [6.07, 6.45) is 0. The highest BCUT2D eigenvalue weighted by molar-refractivity contribution is 5.96. The van der Waals surface area contributed by atoms with Gasteiger partial charge in [-0.3, -0.25) is 4.79 Å². The van der Waals surface area contributed by atoms with Crippen LogP contribution in [0.2, 0.25) is 0 Å². The van der Waals surface area contributed by atoms with Gasteiger partial charge in [0.1, 0.15) is 0 Å². The lowest BCUT2D eigenvalue weighted by molar-refractivity contribution is 0.0600. The number of carbonyl (C=O) groups excluding carboxylic acids is 2. The van der Waals surface area contributed by atoms with Gasteiger partial charge in [-0.1, -0.05) is 54.6 Å². The molecule has 0 atom stereocenters. The fourth-order valence-electron chi connectivity index (χ4n) is 2.66. The van der Waals surface area contributed by atoms with E-state index in [-0.39, 0.29) is 11.9 Å². The highest BCUT2D eigenvalue weighted by Gasteiger charge is 2.09. The van der Waals surface area contributed by atoms with E-state index >= 15 is 0 Å². The van der Waals surface area contributed by atoms with Crippen LogP contribution in [0.1, 0.15) is 26.3 Å². The Kier molecular flexibility index (Phi) is 5.44. The fraction of sp³-hybridized carbons (Fsp3) is 0.0909. The molecule has 0 aromatic heterocycles. The first-order valence-electron chi connectivity index (χ1n) is 8.28. The maximum Gasteiger partial charge on any atom is 0.337 e. The van der Waals surface area contributed by atoms with E-state index in [1.165, 1.54) is 7.11 Å². The van der Waals surface area contributed by atoms with Crippen LogP contribution >= 0.6 is 0 Å². The second kappa shape index (κ2) is 8.12. The minimum absolute atomic E-state index is 0.139. The Labute approximate surface area is 152 Å². The Bertz CT molecular complexity index is 919. The van der Waals surface area contributed by atoms with Crippen LogP contribution in [0, 0.1) is 0 Å². The van der Waals surface area contributed by atoms with Crippen molar-refractivity contribution in [3.05, 3.63) is 95.6 Å². The third kappa shape index (κ3) is 4.16. The van der Waals surface area contributed by atoms with Gasteiger partial charge in [-0.15, -0.1) is 0 Å². The smallest absolute Gasteiger partial charge is 0.337 e. The third-order valence-corrected chi connectivity index (χ3v) is 4.04. The number of methoxy groups -OCH3 is 1. The molecule has 3 aromatic carbocycles. The SMILES string of the molecule is COC(=O)c1cccc(-c2cccc(C(=O)NCc3ccccc3)c2)c1. The number of nitrogens with one attached hydrogen (secondary N) is 1. The zero-order valence-electron chi connectivity index (χ0n) is 14.4. The first-order valence-corrected chi connectivity index (χ1v) is 8.28. The largest absolute Gasteiger partial charge is 0.465 e. The molecule has 1 amide bonds. The lowest BCUT2D eigenvalue weighted by atomic mass is 10.0. The lowest BCUT2D eigenvalue weighted by Crippen LogP contribution is -2.22. The Morgan fingerprint density at radius 1 is 0.808 bits per heavy atom. The molecule has 0 bridgehead atoms. The number of benzene rings is 3. The summed E-state index contributed by atoms with van der Waals surface area (Å²) in [5.74, 6) is -0.525. The lowest BCUT2D eigenvalue weighted by Gasteiger charge is -2.08. The van der Waals surface area contributed by atoms with Crippen LogP contribution in [0.25, 0.3) is 11.1 Å². The minimum Gasteiger partial charge on any atom is -0.465 e. The number of esters is 1. The maximum atomic E-state index is 12.4. The predicted octanol–water partition coefficient (Wildman–Crippen LogP) is 4.07. The second-order valence-electron chi connectivity index (χ2n) is 5.82. The van der Waals surface area contributed by atoms with Gasteiger partial charge in [0, 0.05) is 12.1 Å². The van der Waals surface area contributed by atoms with Gasteiger partial charge < -0.3 is 10.1 Å². The normalized spacial score (nSPS) is 10.2. The molecule has 0 fully saturated rings. The van der Waals surface area contributed by atoms with E-state index < -0.39 is 0 Å². The molecule has 0 saturated carbocycles. The molecule has 26 heavy (non-hydrogen) atoms. The molecule has 130 valence electrons. The molecule has 0 aliphatic heterocycles. The molecule has 1 N–H and O–H groups in total. The molecule has 0 heterocycles. The van der Waals surface area contributed by atoms with Gasteiger partial charge in [0.15, 0.2) is 0 Å². The van der Waals surface area contributed by atoms with Gasteiger partial charge in [0.05, 0.1) is 12.7 Å². The van der Waals surface area contributed by atoms with Crippen molar-refractivity contribution in [3.63, 3.8) is 0 Å². The summed E-state index contributed by atoms with van der Waals surface area (Å²) in [6.45, 7) is 0.474. The van der Waals surface area contributed by atoms with Crippen molar-refractivity contribution in [2.24, 2.45) is 0 Å². The average molecular weight is 345 g/mol. The molecule has 0 saturated heterocycles. The van der Waals surface area contributed by atoms with E-state index in [2.05, 4.69) is 5.32 Å². The van der Waals surface area contributed by atoms with Crippen LogP contribution < -0.4 is 5.32 Å². The van der Waals surface area contributed by atoms with Crippen LogP contribution in [0.4, 0.5) is 0 Å². The summed E-state index contributed by atoms with van der Waals surface area (Å²) in [5.41, 5.74) is 3.81. The van der Waals surface area contributed by atoms with Gasteiger partial charge in [-0.05, 0) is 41.0 Å². The second-order valence-corrected chi connectivity index (χ2v) is 5.82. The predicted molar refractivity (Wildman–Crippen MR) is 101 cm³/mol. The zero-order chi connectivity index (χ0) is 18.4. The third-order valence-electron chi connectivity index (χ3n) is 4.04. The van der Waals surface area contributed by atoms with Crippen molar-refractivity contribution in [1.82, 2.24) is 5.32 Å². The summed E-state index contributed by atoms with van der Waals surface area (Å²) >= 11 is 0. The zero-order valence-corrected chi connectivity index (χ0v) is 14.4. The molecule has 4 nitrogen and oxygen atoms in total. The van der Waals surface area contributed by atoms with Crippen molar-refractivity contribution in [1.29, 1.82) is 0 Å². The van der Waals surface area contributed by atoms with E-state index in [1.807, 2.05) is 54.6 Å². The summed E-state index contributed by atoms with van der Waals surface area (Å²) in [7, 11) is 1.35. The van der Waals surface area contributed by atoms with E-state index in [4.69, 9.17) is 4.74 Å². The molecule has 3 aromatic rings. The summed E-state index contributed by atoms with van der Waals surface area (Å²) in [5, 5.41) is 2.92. The number of rotatable bonds is 5. The number of carbonyl (C=O) groups is 2. The van der Waals surface area contributed by atoms with Crippen molar-refractivity contribution in [2.75, 3.05) is 7.11 Å². The molecular formula is C22H19NO3.